The highest BCUT2D eigenvalue weighted by atomic mass is 19.4. The molecule has 45 heavy (non-hydrogen) atoms. The van der Waals surface area contributed by atoms with Crippen LogP contribution in [0, 0.1) is 10.1 Å². The number of carbonyl (C=O) groups excluding carboxylic acids is 2. The molecular weight excluding hydrogens is 608 g/mol. The first-order valence-corrected chi connectivity index (χ1v) is 13.5. The molecule has 2 atom stereocenters. The van der Waals surface area contributed by atoms with Crippen LogP contribution in [0.1, 0.15) is 50.4 Å². The van der Waals surface area contributed by atoms with E-state index < -0.39 is 57.9 Å². The number of nitrogens with zero attached hydrogens (tertiary/aromatic N) is 4. The normalized spacial score (nSPS) is 17.2. The molecule has 0 bridgehead atoms. The van der Waals surface area contributed by atoms with Crippen molar-refractivity contribution in [3.63, 3.8) is 0 Å². The lowest BCUT2D eigenvalue weighted by molar-refractivity contribution is -0.384. The number of benzene rings is 3. The molecule has 2 amide bonds. The Labute approximate surface area is 251 Å². The summed E-state index contributed by atoms with van der Waals surface area (Å²) in [5, 5.41) is 14.5. The van der Waals surface area contributed by atoms with Gasteiger partial charge < -0.3 is 10.2 Å². The molecule has 3 aromatic carbocycles. The predicted molar refractivity (Wildman–Crippen MR) is 148 cm³/mol. The largest absolute Gasteiger partial charge is 0.416 e. The van der Waals surface area contributed by atoms with Crippen molar-refractivity contribution in [2.45, 2.75) is 43.7 Å². The van der Waals surface area contributed by atoms with Crippen molar-refractivity contribution in [3.05, 3.63) is 111 Å². The molecule has 0 spiro atoms. The number of amides is 2. The van der Waals surface area contributed by atoms with Crippen molar-refractivity contribution in [3.8, 4) is 0 Å². The zero-order valence-corrected chi connectivity index (χ0v) is 23.1. The number of non-ortho nitro benzene ring substituents is 1. The van der Waals surface area contributed by atoms with Crippen molar-refractivity contribution < 1.29 is 40.9 Å². The van der Waals surface area contributed by atoms with E-state index in [4.69, 9.17) is 0 Å². The van der Waals surface area contributed by atoms with Gasteiger partial charge in [0.25, 0.3) is 17.5 Å². The van der Waals surface area contributed by atoms with E-state index in [1.807, 2.05) is 0 Å². The van der Waals surface area contributed by atoms with Gasteiger partial charge in [-0.2, -0.15) is 26.3 Å². The third kappa shape index (κ3) is 7.02. The summed E-state index contributed by atoms with van der Waals surface area (Å²) in [5.74, 6) is -1.58. The number of aromatic nitrogens is 2. The highest BCUT2D eigenvalue weighted by molar-refractivity contribution is 6.04. The molecule has 1 saturated heterocycles. The van der Waals surface area contributed by atoms with E-state index >= 15 is 0 Å². The number of rotatable bonds is 6. The Morgan fingerprint density at radius 2 is 1.58 bits per heavy atom. The molecule has 5 rings (SSSR count). The van der Waals surface area contributed by atoms with E-state index in [1.165, 1.54) is 35.5 Å². The van der Waals surface area contributed by atoms with Gasteiger partial charge in [-0.05, 0) is 49.1 Å². The second-order valence-electron chi connectivity index (χ2n) is 10.5. The highest BCUT2D eigenvalue weighted by Crippen LogP contribution is 2.37. The molecule has 9 nitrogen and oxygen atoms in total. The number of nitro groups is 1. The molecule has 2 heterocycles. The highest BCUT2D eigenvalue weighted by Gasteiger charge is 2.39. The van der Waals surface area contributed by atoms with Crippen LogP contribution in [0.15, 0.2) is 73.1 Å². The number of hydrogen-bond donors (Lipinski definition) is 1. The summed E-state index contributed by atoms with van der Waals surface area (Å²) >= 11 is 0. The maximum Gasteiger partial charge on any atom is 0.416 e. The molecule has 2 unspecified atom stereocenters. The Balaban J connectivity index is 1.45. The predicted octanol–water partition coefficient (Wildman–Crippen LogP) is 6.22. The molecule has 234 valence electrons. The van der Waals surface area contributed by atoms with Crippen molar-refractivity contribution in [2.75, 3.05) is 6.54 Å². The zero-order chi connectivity index (χ0) is 32.5. The Morgan fingerprint density at radius 3 is 2.20 bits per heavy atom. The number of carbonyl (C=O) groups is 2. The molecule has 15 heteroatoms. The quantitative estimate of drug-likeness (QED) is 0.153. The first-order chi connectivity index (χ1) is 21.2. The molecule has 4 aromatic rings. The van der Waals surface area contributed by atoms with Gasteiger partial charge in [0.05, 0.1) is 21.6 Å². The smallest absolute Gasteiger partial charge is 0.348 e. The summed E-state index contributed by atoms with van der Waals surface area (Å²) in [4.78, 5) is 46.7. The second kappa shape index (κ2) is 12.1. The monoisotopic (exact) mass is 631 g/mol. The van der Waals surface area contributed by atoms with Crippen LogP contribution < -0.4 is 5.32 Å². The fourth-order valence-electron chi connectivity index (χ4n) is 5.35. The molecule has 0 radical (unpaired) electrons. The van der Waals surface area contributed by atoms with Crippen LogP contribution in [0.4, 0.5) is 32.0 Å². The van der Waals surface area contributed by atoms with Gasteiger partial charge in [-0.15, -0.1) is 0 Å². The number of likely N-dealkylation sites (tertiary alicyclic amines) is 1. The summed E-state index contributed by atoms with van der Waals surface area (Å²) in [6.07, 6.45) is -8.77. The van der Waals surface area contributed by atoms with Gasteiger partial charge in [-0.25, -0.2) is 9.97 Å². The van der Waals surface area contributed by atoms with Crippen LogP contribution >= 0.6 is 0 Å². The Hall–Kier alpha value is -5.08. The topological polar surface area (TPSA) is 118 Å². The standard InChI is InChI=1S/C30H23F6N5O4/c31-29(32,33)19-12-18(13-20(14-19)30(34,35)36)28(43)40-10-9-21(15-23(40)11-17-5-7-22(8-6-17)41(44)45)39-27(42)26-24-3-1-2-4-25(24)37-16-38-26/h1-8,12-14,16,21,23H,9-11,15H2,(H,39,42). The second-order valence-corrected chi connectivity index (χ2v) is 10.5. The van der Waals surface area contributed by atoms with E-state index in [0.717, 1.165) is 0 Å². The molecular formula is C30H23F6N5O4. The maximum absolute atomic E-state index is 13.6. The number of para-hydroxylation sites is 1. The fourth-order valence-corrected chi connectivity index (χ4v) is 5.35. The molecule has 1 aromatic heterocycles. The maximum atomic E-state index is 13.6. The molecule has 0 saturated carbocycles. The summed E-state index contributed by atoms with van der Waals surface area (Å²) in [6.45, 7) is -0.108. The van der Waals surface area contributed by atoms with Crippen molar-refractivity contribution >= 4 is 28.4 Å². The van der Waals surface area contributed by atoms with Crippen molar-refractivity contribution in [2.24, 2.45) is 0 Å². The van der Waals surface area contributed by atoms with Crippen molar-refractivity contribution in [1.29, 1.82) is 0 Å². The summed E-state index contributed by atoms with van der Waals surface area (Å²) in [5.41, 5.74) is -3.05. The third-order valence-electron chi connectivity index (χ3n) is 7.52. The minimum Gasteiger partial charge on any atom is -0.348 e. The van der Waals surface area contributed by atoms with Gasteiger partial charge in [0.2, 0.25) is 0 Å². The van der Waals surface area contributed by atoms with Gasteiger partial charge in [-0.3, -0.25) is 19.7 Å². The molecule has 1 aliphatic heterocycles. The summed E-state index contributed by atoms with van der Waals surface area (Å²) in [6, 6.07) is 11.6. The number of alkyl halides is 6. The minimum atomic E-state index is -5.14. The number of piperidine rings is 1. The van der Waals surface area contributed by atoms with E-state index in [-0.39, 0.29) is 43.3 Å². The van der Waals surface area contributed by atoms with Crippen LogP contribution in [-0.2, 0) is 18.8 Å². The lowest BCUT2D eigenvalue weighted by Gasteiger charge is -2.40. The fraction of sp³-hybridized carbons (Fsp3) is 0.267. The third-order valence-corrected chi connectivity index (χ3v) is 7.52. The van der Waals surface area contributed by atoms with Gasteiger partial charge in [0.1, 0.15) is 12.0 Å². The molecule has 1 fully saturated rings. The van der Waals surface area contributed by atoms with Gasteiger partial charge in [-0.1, -0.05) is 30.3 Å². The molecule has 1 N–H and O–H groups in total. The van der Waals surface area contributed by atoms with Crippen molar-refractivity contribution in [1.82, 2.24) is 20.2 Å². The van der Waals surface area contributed by atoms with E-state index in [0.29, 0.717) is 28.6 Å². The Kier molecular flexibility index (Phi) is 8.45. The summed E-state index contributed by atoms with van der Waals surface area (Å²) in [7, 11) is 0. The lowest BCUT2D eigenvalue weighted by atomic mass is 9.91. The van der Waals surface area contributed by atoms with Gasteiger partial charge in [0, 0.05) is 41.7 Å². The average Bonchev–Trinajstić information content (AvgIpc) is 2.99. The lowest BCUT2D eigenvalue weighted by Crippen LogP contribution is -2.53. The number of halogens is 6. The van der Waals surface area contributed by atoms with E-state index in [9.17, 15) is 46.0 Å². The molecule has 1 aliphatic rings. The first-order valence-electron chi connectivity index (χ1n) is 13.5. The Morgan fingerprint density at radius 1 is 0.933 bits per heavy atom. The van der Waals surface area contributed by atoms with E-state index in [2.05, 4.69) is 15.3 Å². The number of nitro benzene ring substituents is 1. The van der Waals surface area contributed by atoms with Crippen LogP contribution in [0.2, 0.25) is 0 Å². The summed E-state index contributed by atoms with van der Waals surface area (Å²) < 4.78 is 81.1. The van der Waals surface area contributed by atoms with Crippen LogP contribution in [0.3, 0.4) is 0 Å². The van der Waals surface area contributed by atoms with Crippen LogP contribution in [0.25, 0.3) is 10.9 Å². The Bertz CT molecular complexity index is 1720. The zero-order valence-electron chi connectivity index (χ0n) is 23.1. The minimum absolute atomic E-state index is 0.0518. The average molecular weight is 632 g/mol. The van der Waals surface area contributed by atoms with Crippen LogP contribution in [-0.4, -0.2) is 50.2 Å². The number of fused-ring (bicyclic) bond motifs is 1. The van der Waals surface area contributed by atoms with E-state index in [1.54, 1.807) is 24.3 Å². The molecule has 0 aliphatic carbocycles. The van der Waals surface area contributed by atoms with Crippen LogP contribution in [0.5, 0.6) is 0 Å². The SMILES string of the molecule is O=C(NC1CCN(C(=O)c2cc(C(F)(F)F)cc(C(F)(F)F)c2)C(Cc2ccc([N+](=O)[O-])cc2)C1)c1ncnc2ccccc12. The van der Waals surface area contributed by atoms with Gasteiger partial charge >= 0.3 is 12.4 Å². The number of hydrogen-bond acceptors (Lipinski definition) is 6. The van der Waals surface area contributed by atoms with Gasteiger partial charge in [0.15, 0.2) is 0 Å². The number of nitrogens with one attached hydrogen (secondary N) is 1. The first kappa shape index (κ1) is 31.3.